The zero-order chi connectivity index (χ0) is 38.4. The van der Waals surface area contributed by atoms with E-state index in [9.17, 15) is 35.2 Å². The van der Waals surface area contributed by atoms with Gasteiger partial charge < -0.3 is 11.1 Å². The lowest BCUT2D eigenvalue weighted by atomic mass is 9.73. The molecule has 0 bridgehead atoms. The number of nitrogens with two attached hydrogens (primary N) is 1. The highest BCUT2D eigenvalue weighted by atomic mass is 32.2. The molecule has 0 radical (unpaired) electrons. The molecule has 0 spiro atoms. The molecule has 19 heteroatoms. The van der Waals surface area contributed by atoms with Gasteiger partial charge in [-0.05, 0) is 61.9 Å². The van der Waals surface area contributed by atoms with Gasteiger partial charge in [0.1, 0.15) is 23.9 Å². The number of pyridine rings is 1. The van der Waals surface area contributed by atoms with Crippen LogP contribution < -0.4 is 15.8 Å². The topological polar surface area (TPSA) is 150 Å². The van der Waals surface area contributed by atoms with E-state index in [0.29, 0.717) is 27.2 Å². The Morgan fingerprint density at radius 1 is 1.08 bits per heavy atom. The first-order valence-corrected chi connectivity index (χ1v) is 18.1. The van der Waals surface area contributed by atoms with Crippen LogP contribution in [0.3, 0.4) is 0 Å². The van der Waals surface area contributed by atoms with Crippen LogP contribution in [0.4, 0.5) is 42.2 Å². The number of amides is 1. The Morgan fingerprint density at radius 2 is 1.77 bits per heavy atom. The minimum Gasteiger partial charge on any atom is -0.397 e. The summed E-state index contributed by atoms with van der Waals surface area (Å²) < 4.78 is 130. The van der Waals surface area contributed by atoms with Crippen molar-refractivity contribution in [2.24, 2.45) is 13.0 Å². The third kappa shape index (κ3) is 6.44. The van der Waals surface area contributed by atoms with E-state index in [0.717, 1.165) is 18.4 Å². The molecule has 4 N–H and O–H groups in total. The van der Waals surface area contributed by atoms with E-state index in [-0.39, 0.29) is 53.3 Å². The number of nitrogens with zero attached hydrogens (tertiary/aromatic N) is 5. The molecule has 1 fully saturated rings. The number of carbonyl (C=O) groups excluding carboxylic acids is 1. The molecular formula is C34H31F7N8O3S. The van der Waals surface area contributed by atoms with E-state index >= 15 is 8.78 Å². The van der Waals surface area contributed by atoms with Gasteiger partial charge in [0, 0.05) is 41.1 Å². The SMILES string of the molecule is Cc1nc(C(Cc2cc(F)cc(F)c2)NC(=O)Cn2nc(C(F)(F)F)c3c2C(F)(F)C2CCC32)c(-c2cccc3c(NS(C)(=O)=O)nn(C)c23)cc1N. The number of aromatic nitrogens is 5. The second-order valence-corrected chi connectivity index (χ2v) is 15.2. The fraction of sp³-hybridized carbons (Fsp3) is 0.353. The van der Waals surface area contributed by atoms with Crippen LogP contribution in [-0.2, 0) is 46.9 Å². The number of carbonyl (C=O) groups is 1. The Bertz CT molecular complexity index is 2410. The maximum Gasteiger partial charge on any atom is 0.435 e. The van der Waals surface area contributed by atoms with Gasteiger partial charge in [-0.3, -0.25) is 23.9 Å². The number of benzene rings is 2. The van der Waals surface area contributed by atoms with Gasteiger partial charge in [-0.15, -0.1) is 0 Å². The van der Waals surface area contributed by atoms with Gasteiger partial charge in [-0.25, -0.2) is 17.2 Å². The summed E-state index contributed by atoms with van der Waals surface area (Å²) in [5, 5.41) is 10.8. The van der Waals surface area contributed by atoms with Gasteiger partial charge >= 0.3 is 6.18 Å². The highest BCUT2D eigenvalue weighted by molar-refractivity contribution is 7.92. The maximum atomic E-state index is 15.5. The molecule has 53 heavy (non-hydrogen) atoms. The zero-order valence-corrected chi connectivity index (χ0v) is 29.0. The predicted octanol–water partition coefficient (Wildman–Crippen LogP) is 6.09. The van der Waals surface area contributed by atoms with Crippen molar-refractivity contribution in [1.29, 1.82) is 0 Å². The minimum atomic E-state index is -5.06. The highest BCUT2D eigenvalue weighted by Gasteiger charge is 2.63. The number of fused-ring (bicyclic) bond motifs is 4. The lowest BCUT2D eigenvalue weighted by Crippen LogP contribution is -2.36. The zero-order valence-electron chi connectivity index (χ0n) is 28.2. The van der Waals surface area contributed by atoms with Crippen molar-refractivity contribution < 1.29 is 43.9 Å². The lowest BCUT2D eigenvalue weighted by molar-refractivity contribution is -0.144. The van der Waals surface area contributed by atoms with Crippen molar-refractivity contribution in [3.63, 3.8) is 0 Å². The average molecular weight is 765 g/mol. The predicted molar refractivity (Wildman–Crippen MR) is 179 cm³/mol. The van der Waals surface area contributed by atoms with Crippen LogP contribution in [0.25, 0.3) is 22.0 Å². The molecule has 0 aliphatic heterocycles. The summed E-state index contributed by atoms with van der Waals surface area (Å²) >= 11 is 0. The fourth-order valence-corrected chi connectivity index (χ4v) is 7.94. The summed E-state index contributed by atoms with van der Waals surface area (Å²) in [6, 6.07) is 7.78. The van der Waals surface area contributed by atoms with Gasteiger partial charge in [0.2, 0.25) is 15.9 Å². The van der Waals surface area contributed by atoms with E-state index < -0.39 is 81.0 Å². The number of hydrogen-bond acceptors (Lipinski definition) is 7. The molecule has 3 heterocycles. The highest BCUT2D eigenvalue weighted by Crippen LogP contribution is 2.64. The number of para-hydroxylation sites is 1. The van der Waals surface area contributed by atoms with Gasteiger partial charge in [-0.1, -0.05) is 12.1 Å². The summed E-state index contributed by atoms with van der Waals surface area (Å²) in [4.78, 5) is 18.4. The number of rotatable bonds is 9. The second kappa shape index (κ2) is 12.4. The third-order valence-corrected chi connectivity index (χ3v) is 10.3. The Morgan fingerprint density at radius 3 is 2.40 bits per heavy atom. The molecule has 3 atom stereocenters. The molecule has 2 aromatic carbocycles. The van der Waals surface area contributed by atoms with Crippen LogP contribution in [-0.4, -0.2) is 45.1 Å². The van der Waals surface area contributed by atoms with E-state index in [2.05, 4.69) is 25.2 Å². The summed E-state index contributed by atoms with van der Waals surface area (Å²) in [7, 11) is -2.20. The average Bonchev–Trinajstić information content (AvgIpc) is 3.58. The Labute approximate surface area is 297 Å². The number of nitrogens with one attached hydrogen (secondary N) is 2. The Kier molecular flexibility index (Phi) is 8.50. The smallest absolute Gasteiger partial charge is 0.397 e. The van der Waals surface area contributed by atoms with Crippen molar-refractivity contribution in [2.45, 2.75) is 56.8 Å². The maximum absolute atomic E-state index is 15.5. The van der Waals surface area contributed by atoms with Gasteiger partial charge in [0.15, 0.2) is 11.5 Å². The number of alkyl halides is 5. The van der Waals surface area contributed by atoms with E-state index in [1.165, 1.54) is 10.7 Å². The van der Waals surface area contributed by atoms with Crippen LogP contribution in [0.1, 0.15) is 58.7 Å². The minimum absolute atomic E-state index is 0.0109. The number of anilines is 2. The standard InChI is InChI=1S/C34H31F7N8O3S/c1-15-24(42)13-22(19-5-4-6-21-29(19)48(2)46-32(21)47-53(3,51)52)28(43-15)25(11-16-9-17(35)12-18(36)10-16)44-26(50)14-49-31-27(30(45-49)34(39,40)41)20-7-8-23(20)33(31,37)38/h4-6,9-10,12-13,20,23,25H,7-8,11,14,42H2,1-3H3,(H,44,50)(H,46,47). The molecule has 0 saturated heterocycles. The molecule has 2 aliphatic carbocycles. The van der Waals surface area contributed by atoms with Crippen molar-refractivity contribution >= 4 is 38.3 Å². The molecule has 7 rings (SSSR count). The van der Waals surface area contributed by atoms with Gasteiger partial charge in [0.05, 0.1) is 34.9 Å². The van der Waals surface area contributed by atoms with E-state index in [1.807, 2.05) is 0 Å². The first-order valence-electron chi connectivity index (χ1n) is 16.2. The monoisotopic (exact) mass is 764 g/mol. The van der Waals surface area contributed by atoms with Gasteiger partial charge in [0.25, 0.3) is 5.92 Å². The van der Waals surface area contributed by atoms with Crippen molar-refractivity contribution in [1.82, 2.24) is 29.9 Å². The van der Waals surface area contributed by atoms with Crippen LogP contribution in [0.5, 0.6) is 0 Å². The van der Waals surface area contributed by atoms with Crippen LogP contribution >= 0.6 is 0 Å². The third-order valence-electron chi connectivity index (χ3n) is 9.72. The number of nitrogen functional groups attached to an aromatic ring is 1. The number of hydrogen-bond donors (Lipinski definition) is 3. The fourth-order valence-electron chi connectivity index (χ4n) is 7.44. The molecule has 2 aliphatic rings. The molecule has 280 valence electrons. The van der Waals surface area contributed by atoms with Crippen molar-refractivity contribution in [2.75, 3.05) is 16.7 Å². The summed E-state index contributed by atoms with van der Waals surface area (Å²) in [5.41, 5.74) is 4.95. The summed E-state index contributed by atoms with van der Waals surface area (Å²) in [6.45, 7) is 0.521. The molecule has 5 aromatic rings. The van der Waals surface area contributed by atoms with Crippen molar-refractivity contribution in [3.8, 4) is 11.1 Å². The number of halogens is 7. The van der Waals surface area contributed by atoms with Crippen LogP contribution in [0.15, 0.2) is 42.5 Å². The Hall–Kier alpha value is -5.20. The summed E-state index contributed by atoms with van der Waals surface area (Å²) in [6.07, 6.45) is -4.28. The normalized spacial score (nSPS) is 18.4. The first kappa shape index (κ1) is 36.2. The molecule has 3 unspecified atom stereocenters. The quantitative estimate of drug-likeness (QED) is 0.154. The van der Waals surface area contributed by atoms with E-state index in [4.69, 9.17) is 5.73 Å². The lowest BCUT2D eigenvalue weighted by Gasteiger charge is -2.34. The first-order chi connectivity index (χ1) is 24.7. The van der Waals surface area contributed by atoms with Crippen molar-refractivity contribution in [3.05, 3.63) is 88.0 Å². The molecular weight excluding hydrogens is 733 g/mol. The number of aryl methyl sites for hydroxylation is 2. The molecule has 1 amide bonds. The molecule has 3 aromatic heterocycles. The molecule has 1 saturated carbocycles. The largest absolute Gasteiger partial charge is 0.435 e. The van der Waals surface area contributed by atoms with Gasteiger partial charge in [-0.2, -0.15) is 32.1 Å². The number of sulfonamides is 1. The Balaban J connectivity index is 1.34. The van der Waals surface area contributed by atoms with E-state index in [1.54, 1.807) is 32.2 Å². The summed E-state index contributed by atoms with van der Waals surface area (Å²) in [5.74, 6) is -8.94. The van der Waals surface area contributed by atoms with Crippen LogP contribution in [0.2, 0.25) is 0 Å². The molecule has 11 nitrogen and oxygen atoms in total. The second-order valence-electron chi connectivity index (χ2n) is 13.4. The van der Waals surface area contributed by atoms with Crippen LogP contribution in [0, 0.1) is 24.5 Å².